The van der Waals surface area contributed by atoms with E-state index in [-0.39, 0.29) is 5.91 Å². The van der Waals surface area contributed by atoms with Gasteiger partial charge in [0.1, 0.15) is 5.60 Å². The van der Waals surface area contributed by atoms with Gasteiger partial charge in [0.25, 0.3) is 0 Å². The lowest BCUT2D eigenvalue weighted by atomic mass is 9.81. The standard InChI is InChI=1S/C36H45N3O5/c1-35(2,3)44-34(42)37-31(23-26-13-8-5-9-14-26)36(43)19-21-39(22-20-36)29-16-10-15-27-28(29)24-30(40)33(27)38-32(41)18-17-25-11-6-4-7-12-25/h4-16,30-31,33,40,43H,17-24H2,1-3H3,(H,37,42)(H,38,41)/t30-,31+,33+/m1/s1. The number of hydrogen-bond acceptors (Lipinski definition) is 6. The fraction of sp³-hybridized carbons (Fsp3) is 0.444. The first-order valence-electron chi connectivity index (χ1n) is 15.6. The number of fused-ring (bicyclic) bond motifs is 1. The summed E-state index contributed by atoms with van der Waals surface area (Å²) in [6.45, 7) is 6.63. The van der Waals surface area contributed by atoms with Crippen molar-refractivity contribution in [3.63, 3.8) is 0 Å². The average Bonchev–Trinajstić information content (AvgIpc) is 3.31. The summed E-state index contributed by atoms with van der Waals surface area (Å²) in [7, 11) is 0. The fourth-order valence-corrected chi connectivity index (χ4v) is 6.42. The Morgan fingerprint density at radius 2 is 1.59 bits per heavy atom. The number of piperidine rings is 1. The summed E-state index contributed by atoms with van der Waals surface area (Å²) in [5.74, 6) is -0.0823. The number of anilines is 1. The van der Waals surface area contributed by atoms with Crippen molar-refractivity contribution < 1.29 is 24.5 Å². The molecule has 8 nitrogen and oxygen atoms in total. The average molecular weight is 600 g/mol. The molecule has 1 fully saturated rings. The molecule has 8 heteroatoms. The summed E-state index contributed by atoms with van der Waals surface area (Å²) in [4.78, 5) is 27.9. The molecule has 3 aromatic carbocycles. The van der Waals surface area contributed by atoms with E-state index in [9.17, 15) is 19.8 Å². The molecule has 3 aromatic rings. The molecular weight excluding hydrogens is 554 g/mol. The van der Waals surface area contributed by atoms with Gasteiger partial charge in [0.2, 0.25) is 5.91 Å². The first-order valence-corrected chi connectivity index (χ1v) is 15.6. The van der Waals surface area contributed by atoms with Crippen LogP contribution < -0.4 is 15.5 Å². The number of carbonyl (C=O) groups is 2. The number of aliphatic hydroxyl groups excluding tert-OH is 1. The number of ether oxygens (including phenoxy) is 1. The molecule has 234 valence electrons. The van der Waals surface area contributed by atoms with Crippen LogP contribution in [0.15, 0.2) is 78.9 Å². The minimum absolute atomic E-state index is 0.0823. The lowest BCUT2D eigenvalue weighted by molar-refractivity contribution is -0.122. The summed E-state index contributed by atoms with van der Waals surface area (Å²) in [5, 5.41) is 29.0. The van der Waals surface area contributed by atoms with Gasteiger partial charge in [-0.25, -0.2) is 4.79 Å². The van der Waals surface area contributed by atoms with Crippen LogP contribution in [0, 0.1) is 0 Å². The topological polar surface area (TPSA) is 111 Å². The van der Waals surface area contributed by atoms with Gasteiger partial charge in [-0.05, 0) is 74.8 Å². The molecule has 5 rings (SSSR count). The summed E-state index contributed by atoms with van der Waals surface area (Å²) in [6, 6.07) is 24.8. The molecule has 1 saturated heterocycles. The number of nitrogens with one attached hydrogen (secondary N) is 2. The third kappa shape index (κ3) is 7.79. The van der Waals surface area contributed by atoms with Crippen molar-refractivity contribution in [2.45, 2.75) is 88.7 Å². The fourth-order valence-electron chi connectivity index (χ4n) is 6.42. The quantitative estimate of drug-likeness (QED) is 0.280. The van der Waals surface area contributed by atoms with Crippen LogP contribution in [0.4, 0.5) is 10.5 Å². The van der Waals surface area contributed by atoms with Crippen LogP contribution in [0.1, 0.15) is 68.3 Å². The smallest absolute Gasteiger partial charge is 0.407 e. The molecule has 2 aliphatic rings. The van der Waals surface area contributed by atoms with Gasteiger partial charge in [-0.3, -0.25) is 4.79 Å². The number of aliphatic hydroxyl groups is 2. The van der Waals surface area contributed by atoms with E-state index in [0.717, 1.165) is 27.9 Å². The van der Waals surface area contributed by atoms with E-state index in [1.807, 2.05) is 93.6 Å². The number of amides is 2. The van der Waals surface area contributed by atoms with E-state index < -0.39 is 35.5 Å². The molecule has 2 amide bonds. The Kier molecular flexibility index (Phi) is 9.61. The Bertz CT molecular complexity index is 1410. The molecule has 0 unspecified atom stereocenters. The van der Waals surface area contributed by atoms with Crippen molar-refractivity contribution in [2.75, 3.05) is 18.0 Å². The van der Waals surface area contributed by atoms with Gasteiger partial charge in [0, 0.05) is 31.6 Å². The number of carbonyl (C=O) groups excluding carboxylic acids is 2. The van der Waals surface area contributed by atoms with Crippen molar-refractivity contribution in [2.24, 2.45) is 0 Å². The van der Waals surface area contributed by atoms with Crippen LogP contribution in [-0.4, -0.2) is 58.7 Å². The highest BCUT2D eigenvalue weighted by atomic mass is 16.6. The first kappa shape index (κ1) is 31.5. The molecular formula is C36H45N3O5. The minimum Gasteiger partial charge on any atom is -0.444 e. The summed E-state index contributed by atoms with van der Waals surface area (Å²) in [6.07, 6.45) is 1.59. The number of rotatable bonds is 9. The largest absolute Gasteiger partial charge is 0.444 e. The lowest BCUT2D eigenvalue weighted by Crippen LogP contribution is -2.59. The number of hydrogen-bond donors (Lipinski definition) is 4. The zero-order valence-corrected chi connectivity index (χ0v) is 26.0. The second-order valence-electron chi connectivity index (χ2n) is 13.1. The molecule has 0 saturated carbocycles. The zero-order valence-electron chi connectivity index (χ0n) is 26.0. The highest BCUT2D eigenvalue weighted by molar-refractivity contribution is 5.77. The summed E-state index contributed by atoms with van der Waals surface area (Å²) in [5.41, 5.74) is 3.35. The predicted octanol–water partition coefficient (Wildman–Crippen LogP) is 4.86. The molecule has 0 aromatic heterocycles. The molecule has 1 aliphatic carbocycles. The van der Waals surface area contributed by atoms with Crippen LogP contribution >= 0.6 is 0 Å². The van der Waals surface area contributed by atoms with Crippen LogP contribution in [0.3, 0.4) is 0 Å². The Balaban J connectivity index is 1.26. The van der Waals surface area contributed by atoms with Crippen molar-refractivity contribution in [1.82, 2.24) is 10.6 Å². The van der Waals surface area contributed by atoms with Crippen molar-refractivity contribution >= 4 is 17.7 Å². The second kappa shape index (κ2) is 13.4. The number of aryl methyl sites for hydroxylation is 1. The molecule has 0 spiro atoms. The van der Waals surface area contributed by atoms with Crippen molar-refractivity contribution in [3.8, 4) is 0 Å². The highest BCUT2D eigenvalue weighted by Gasteiger charge is 2.42. The van der Waals surface area contributed by atoms with Gasteiger partial charge in [-0.1, -0.05) is 72.8 Å². The third-order valence-corrected chi connectivity index (χ3v) is 8.71. The maximum Gasteiger partial charge on any atom is 0.407 e. The van der Waals surface area contributed by atoms with E-state index in [2.05, 4.69) is 21.6 Å². The maximum absolute atomic E-state index is 12.8. The van der Waals surface area contributed by atoms with E-state index in [4.69, 9.17) is 4.74 Å². The van der Waals surface area contributed by atoms with Crippen LogP contribution in [-0.2, 0) is 28.8 Å². The monoisotopic (exact) mass is 599 g/mol. The molecule has 0 bridgehead atoms. The highest BCUT2D eigenvalue weighted by Crippen LogP contribution is 2.40. The van der Waals surface area contributed by atoms with Crippen LogP contribution in [0.25, 0.3) is 0 Å². The Morgan fingerprint density at radius 3 is 2.23 bits per heavy atom. The number of alkyl carbamates (subject to hydrolysis) is 1. The third-order valence-electron chi connectivity index (χ3n) is 8.71. The SMILES string of the molecule is CC(C)(C)OC(=O)N[C@@H](Cc1ccccc1)C1(O)CCN(c2cccc3c2C[C@@H](O)[C@H]3NC(=O)CCc2ccccc2)CC1. The minimum atomic E-state index is -1.13. The van der Waals surface area contributed by atoms with Gasteiger partial charge in [0.15, 0.2) is 0 Å². The first-order chi connectivity index (χ1) is 21.0. The Labute approximate surface area is 260 Å². The zero-order chi connectivity index (χ0) is 31.3. The molecule has 0 radical (unpaired) electrons. The van der Waals surface area contributed by atoms with E-state index in [0.29, 0.717) is 51.6 Å². The normalized spacial score (nSPS) is 20.0. The summed E-state index contributed by atoms with van der Waals surface area (Å²) < 4.78 is 5.54. The Hall–Kier alpha value is -3.88. The molecule has 1 aliphatic heterocycles. The maximum atomic E-state index is 12.8. The van der Waals surface area contributed by atoms with E-state index in [1.54, 1.807) is 0 Å². The van der Waals surface area contributed by atoms with Gasteiger partial charge >= 0.3 is 6.09 Å². The number of benzene rings is 3. The van der Waals surface area contributed by atoms with E-state index >= 15 is 0 Å². The van der Waals surface area contributed by atoms with Crippen molar-refractivity contribution in [1.29, 1.82) is 0 Å². The van der Waals surface area contributed by atoms with Gasteiger partial charge in [0.05, 0.1) is 23.8 Å². The number of nitrogens with zero attached hydrogens (tertiary/aromatic N) is 1. The van der Waals surface area contributed by atoms with Crippen LogP contribution in [0.5, 0.6) is 0 Å². The molecule has 4 N–H and O–H groups in total. The molecule has 44 heavy (non-hydrogen) atoms. The molecule has 3 atom stereocenters. The van der Waals surface area contributed by atoms with Gasteiger partial charge in [-0.15, -0.1) is 0 Å². The summed E-state index contributed by atoms with van der Waals surface area (Å²) >= 11 is 0. The second-order valence-corrected chi connectivity index (χ2v) is 13.1. The molecule has 1 heterocycles. The predicted molar refractivity (Wildman–Crippen MR) is 171 cm³/mol. The lowest BCUT2D eigenvalue weighted by Gasteiger charge is -2.44. The van der Waals surface area contributed by atoms with Gasteiger partial charge < -0.3 is 30.5 Å². The van der Waals surface area contributed by atoms with Gasteiger partial charge in [-0.2, -0.15) is 0 Å². The Morgan fingerprint density at radius 1 is 0.955 bits per heavy atom. The van der Waals surface area contributed by atoms with Crippen LogP contribution in [0.2, 0.25) is 0 Å². The van der Waals surface area contributed by atoms with E-state index in [1.165, 1.54) is 0 Å². The van der Waals surface area contributed by atoms with Crippen molar-refractivity contribution in [3.05, 3.63) is 101 Å².